The summed E-state index contributed by atoms with van der Waals surface area (Å²) in [5, 5.41) is 6.87. The fourth-order valence-electron chi connectivity index (χ4n) is 3.88. The standard InChI is InChI=1S/C20H30ClN3O3/c1-2-18(15-3-5-17(21)6-4-15)23-20(25)22-13-19(16-7-10-27-14-16)24-8-11-26-12-9-24/h3-6,16,18-19H,2,7-14H2,1H3,(H2,22,23,25). The summed E-state index contributed by atoms with van der Waals surface area (Å²) in [7, 11) is 0. The third-order valence-electron chi connectivity index (χ3n) is 5.48. The quantitative estimate of drug-likeness (QED) is 0.745. The molecule has 6 nitrogen and oxygen atoms in total. The van der Waals surface area contributed by atoms with Crippen LogP contribution in [0.15, 0.2) is 24.3 Å². The monoisotopic (exact) mass is 395 g/mol. The highest BCUT2D eigenvalue weighted by Gasteiger charge is 2.31. The van der Waals surface area contributed by atoms with Gasteiger partial charge in [-0.25, -0.2) is 4.79 Å². The Labute approximate surface area is 166 Å². The van der Waals surface area contributed by atoms with Crippen molar-refractivity contribution in [2.75, 3.05) is 46.1 Å². The van der Waals surface area contributed by atoms with Crippen molar-refractivity contribution in [3.05, 3.63) is 34.9 Å². The normalized spacial score (nSPS) is 23.0. The van der Waals surface area contributed by atoms with E-state index >= 15 is 0 Å². The first-order valence-corrected chi connectivity index (χ1v) is 10.2. The highest BCUT2D eigenvalue weighted by molar-refractivity contribution is 6.30. The van der Waals surface area contributed by atoms with Gasteiger partial charge in [0.05, 0.1) is 25.9 Å². The molecule has 0 spiro atoms. The van der Waals surface area contributed by atoms with Gasteiger partial charge in [0.2, 0.25) is 0 Å². The van der Waals surface area contributed by atoms with Crippen molar-refractivity contribution in [1.82, 2.24) is 15.5 Å². The lowest BCUT2D eigenvalue weighted by Crippen LogP contribution is -2.53. The second kappa shape index (κ2) is 10.3. The molecule has 0 aromatic heterocycles. The van der Waals surface area contributed by atoms with Crippen LogP contribution in [0.3, 0.4) is 0 Å². The van der Waals surface area contributed by atoms with Crippen molar-refractivity contribution >= 4 is 17.6 Å². The number of nitrogens with one attached hydrogen (secondary N) is 2. The number of hydrogen-bond acceptors (Lipinski definition) is 4. The Morgan fingerprint density at radius 2 is 1.96 bits per heavy atom. The Morgan fingerprint density at radius 1 is 1.22 bits per heavy atom. The Kier molecular flexibility index (Phi) is 7.76. The molecule has 2 heterocycles. The summed E-state index contributed by atoms with van der Waals surface area (Å²) < 4.78 is 11.1. The van der Waals surface area contributed by atoms with Crippen molar-refractivity contribution in [3.8, 4) is 0 Å². The number of nitrogens with zero attached hydrogens (tertiary/aromatic N) is 1. The molecule has 3 unspecified atom stereocenters. The van der Waals surface area contributed by atoms with Crippen LogP contribution in [0.25, 0.3) is 0 Å². The molecule has 0 aliphatic carbocycles. The average molecular weight is 396 g/mol. The first-order valence-electron chi connectivity index (χ1n) is 9.86. The molecule has 0 radical (unpaired) electrons. The molecule has 0 saturated carbocycles. The molecule has 0 bridgehead atoms. The maximum atomic E-state index is 12.5. The van der Waals surface area contributed by atoms with E-state index in [2.05, 4.69) is 22.5 Å². The smallest absolute Gasteiger partial charge is 0.315 e. The Bertz CT molecular complexity index is 587. The molecule has 2 N–H and O–H groups in total. The molecule has 1 aromatic rings. The van der Waals surface area contributed by atoms with Gasteiger partial charge in [0, 0.05) is 43.2 Å². The van der Waals surface area contributed by atoms with Gasteiger partial charge in [-0.3, -0.25) is 4.90 Å². The third-order valence-corrected chi connectivity index (χ3v) is 5.73. The predicted octanol–water partition coefficient (Wildman–Crippen LogP) is 2.83. The molecule has 3 atom stereocenters. The molecule has 7 heteroatoms. The van der Waals surface area contributed by atoms with E-state index in [-0.39, 0.29) is 18.1 Å². The Morgan fingerprint density at radius 3 is 2.59 bits per heavy atom. The van der Waals surface area contributed by atoms with Gasteiger partial charge in [-0.2, -0.15) is 0 Å². The van der Waals surface area contributed by atoms with Crippen LogP contribution in [0.2, 0.25) is 5.02 Å². The van der Waals surface area contributed by atoms with E-state index in [1.807, 2.05) is 24.3 Å². The van der Waals surface area contributed by atoms with Gasteiger partial charge in [-0.1, -0.05) is 30.7 Å². The van der Waals surface area contributed by atoms with Gasteiger partial charge < -0.3 is 20.1 Å². The van der Waals surface area contributed by atoms with E-state index in [0.717, 1.165) is 57.9 Å². The second-order valence-electron chi connectivity index (χ2n) is 7.21. The number of benzene rings is 1. The average Bonchev–Trinajstić information content (AvgIpc) is 3.22. The fraction of sp³-hybridized carbons (Fsp3) is 0.650. The highest BCUT2D eigenvalue weighted by Crippen LogP contribution is 2.22. The minimum absolute atomic E-state index is 0.0288. The lowest BCUT2D eigenvalue weighted by molar-refractivity contribution is 0.00211. The van der Waals surface area contributed by atoms with E-state index in [4.69, 9.17) is 21.1 Å². The Hall–Kier alpha value is -1.34. The van der Waals surface area contributed by atoms with E-state index in [1.165, 1.54) is 0 Å². The summed E-state index contributed by atoms with van der Waals surface area (Å²) in [6, 6.07) is 7.76. The SMILES string of the molecule is CCC(NC(=O)NCC(C1CCOC1)N1CCOCC1)c1ccc(Cl)cc1. The number of urea groups is 1. The maximum Gasteiger partial charge on any atom is 0.315 e. The van der Waals surface area contributed by atoms with E-state index in [9.17, 15) is 4.79 Å². The van der Waals surface area contributed by atoms with Crippen LogP contribution >= 0.6 is 11.6 Å². The van der Waals surface area contributed by atoms with Gasteiger partial charge in [-0.05, 0) is 30.5 Å². The molecular weight excluding hydrogens is 366 g/mol. The molecule has 2 fully saturated rings. The molecular formula is C20H30ClN3O3. The van der Waals surface area contributed by atoms with Crippen LogP contribution in [0.5, 0.6) is 0 Å². The summed E-state index contributed by atoms with van der Waals surface area (Å²) in [6.45, 7) is 7.60. The number of rotatable bonds is 7. The van der Waals surface area contributed by atoms with Gasteiger partial charge >= 0.3 is 6.03 Å². The highest BCUT2D eigenvalue weighted by atomic mass is 35.5. The molecule has 2 amide bonds. The van der Waals surface area contributed by atoms with Crippen LogP contribution in [-0.4, -0.2) is 63.0 Å². The van der Waals surface area contributed by atoms with Crippen molar-refractivity contribution in [2.24, 2.45) is 5.92 Å². The number of morpholine rings is 1. The number of ether oxygens (including phenoxy) is 2. The summed E-state index contributed by atoms with van der Waals surface area (Å²) in [5.41, 5.74) is 1.06. The fourth-order valence-corrected chi connectivity index (χ4v) is 4.01. The van der Waals surface area contributed by atoms with Crippen LogP contribution < -0.4 is 10.6 Å². The van der Waals surface area contributed by atoms with Gasteiger partial charge in [0.15, 0.2) is 0 Å². The molecule has 2 saturated heterocycles. The molecule has 150 valence electrons. The lowest BCUT2D eigenvalue weighted by Gasteiger charge is -2.37. The lowest BCUT2D eigenvalue weighted by atomic mass is 9.97. The zero-order valence-corrected chi connectivity index (χ0v) is 16.7. The first kappa shape index (κ1) is 20.4. The second-order valence-corrected chi connectivity index (χ2v) is 7.64. The molecule has 1 aromatic carbocycles. The van der Waals surface area contributed by atoms with Crippen molar-refractivity contribution < 1.29 is 14.3 Å². The number of halogens is 1. The van der Waals surface area contributed by atoms with Gasteiger partial charge in [0.25, 0.3) is 0 Å². The van der Waals surface area contributed by atoms with Crippen LogP contribution in [0.1, 0.15) is 31.4 Å². The molecule has 3 rings (SSSR count). The topological polar surface area (TPSA) is 62.8 Å². The minimum Gasteiger partial charge on any atom is -0.381 e. The largest absolute Gasteiger partial charge is 0.381 e. The van der Waals surface area contributed by atoms with Crippen LogP contribution in [0, 0.1) is 5.92 Å². The number of amides is 2. The van der Waals surface area contributed by atoms with E-state index in [1.54, 1.807) is 0 Å². The van der Waals surface area contributed by atoms with Crippen molar-refractivity contribution in [1.29, 1.82) is 0 Å². The van der Waals surface area contributed by atoms with Gasteiger partial charge in [0.1, 0.15) is 0 Å². The van der Waals surface area contributed by atoms with Crippen molar-refractivity contribution in [2.45, 2.75) is 31.8 Å². The summed E-state index contributed by atoms with van der Waals surface area (Å²) >= 11 is 5.96. The van der Waals surface area contributed by atoms with Crippen LogP contribution in [-0.2, 0) is 9.47 Å². The third kappa shape index (κ3) is 5.82. The van der Waals surface area contributed by atoms with Gasteiger partial charge in [-0.15, -0.1) is 0 Å². The molecule has 27 heavy (non-hydrogen) atoms. The summed E-state index contributed by atoms with van der Waals surface area (Å²) in [5.74, 6) is 0.460. The number of hydrogen-bond donors (Lipinski definition) is 2. The number of carbonyl (C=O) groups is 1. The van der Waals surface area contributed by atoms with Crippen LogP contribution in [0.4, 0.5) is 4.79 Å². The maximum absolute atomic E-state index is 12.5. The zero-order valence-electron chi connectivity index (χ0n) is 16.0. The first-order chi connectivity index (χ1) is 13.2. The molecule has 2 aliphatic heterocycles. The molecule has 2 aliphatic rings. The predicted molar refractivity (Wildman–Crippen MR) is 106 cm³/mol. The summed E-state index contributed by atoms with van der Waals surface area (Å²) in [4.78, 5) is 15.0. The zero-order chi connectivity index (χ0) is 19.1. The number of carbonyl (C=O) groups excluding carboxylic acids is 1. The van der Waals surface area contributed by atoms with E-state index in [0.29, 0.717) is 17.5 Å². The summed E-state index contributed by atoms with van der Waals surface area (Å²) in [6.07, 6.45) is 1.87. The minimum atomic E-state index is -0.131. The Balaban J connectivity index is 1.55. The van der Waals surface area contributed by atoms with E-state index < -0.39 is 0 Å². The van der Waals surface area contributed by atoms with Crippen molar-refractivity contribution in [3.63, 3.8) is 0 Å².